The molecule has 2 aromatic rings. The van der Waals surface area contributed by atoms with Gasteiger partial charge in [-0.05, 0) is 45.4 Å². The van der Waals surface area contributed by atoms with E-state index < -0.39 is 0 Å². The van der Waals surface area contributed by atoms with Gasteiger partial charge in [-0.1, -0.05) is 12.1 Å². The first kappa shape index (κ1) is 17.3. The number of anilines is 2. The molecule has 0 atom stereocenters. The molecule has 1 aromatic carbocycles. The number of benzene rings is 1. The average molecular weight is 316 g/mol. The van der Waals surface area contributed by atoms with Gasteiger partial charge >= 0.3 is 0 Å². The number of nitrogens with zero attached hydrogens (tertiary/aromatic N) is 3. The van der Waals surface area contributed by atoms with Gasteiger partial charge in [-0.3, -0.25) is 0 Å². The Morgan fingerprint density at radius 2 is 1.78 bits per heavy atom. The third-order valence-corrected chi connectivity index (χ3v) is 4.26. The van der Waals surface area contributed by atoms with Crippen molar-refractivity contribution in [1.82, 2.24) is 9.78 Å². The van der Waals surface area contributed by atoms with Gasteiger partial charge in [0.25, 0.3) is 0 Å². The monoisotopic (exact) mass is 316 g/mol. The predicted octanol–water partition coefficient (Wildman–Crippen LogP) is 2.95. The lowest BCUT2D eigenvalue weighted by Crippen LogP contribution is -2.21. The van der Waals surface area contributed by atoms with Crippen LogP contribution in [0.15, 0.2) is 24.3 Å². The van der Waals surface area contributed by atoms with Crippen molar-refractivity contribution in [1.29, 1.82) is 0 Å². The van der Waals surface area contributed by atoms with Crippen molar-refractivity contribution in [3.8, 4) is 0 Å². The highest BCUT2D eigenvalue weighted by Gasteiger charge is 2.11. The van der Waals surface area contributed by atoms with E-state index in [-0.39, 0.29) is 6.61 Å². The molecular formula is C18H28N4O. The molecule has 0 aliphatic heterocycles. The van der Waals surface area contributed by atoms with Crippen LogP contribution in [-0.4, -0.2) is 34.6 Å². The van der Waals surface area contributed by atoms with Crippen LogP contribution in [0.1, 0.15) is 30.7 Å². The van der Waals surface area contributed by atoms with Crippen LogP contribution in [0.2, 0.25) is 0 Å². The lowest BCUT2D eigenvalue weighted by atomic mass is 10.2. The van der Waals surface area contributed by atoms with Gasteiger partial charge < -0.3 is 15.3 Å². The SMILES string of the molecule is CCN(CC)c1ccc(CNc2c(C)c(C)nn2CCO)cc1. The highest BCUT2D eigenvalue weighted by Crippen LogP contribution is 2.20. The summed E-state index contributed by atoms with van der Waals surface area (Å²) in [7, 11) is 0. The summed E-state index contributed by atoms with van der Waals surface area (Å²) >= 11 is 0. The van der Waals surface area contributed by atoms with Crippen molar-refractivity contribution in [3.05, 3.63) is 41.1 Å². The fourth-order valence-corrected chi connectivity index (χ4v) is 2.75. The van der Waals surface area contributed by atoms with E-state index in [0.717, 1.165) is 36.7 Å². The fraction of sp³-hybridized carbons (Fsp3) is 0.500. The second kappa shape index (κ2) is 8.02. The summed E-state index contributed by atoms with van der Waals surface area (Å²) in [5.41, 5.74) is 4.63. The average Bonchev–Trinajstić information content (AvgIpc) is 2.82. The van der Waals surface area contributed by atoms with Crippen LogP contribution >= 0.6 is 0 Å². The van der Waals surface area contributed by atoms with Crippen LogP contribution in [0, 0.1) is 13.8 Å². The molecule has 0 bridgehead atoms. The van der Waals surface area contributed by atoms with E-state index in [9.17, 15) is 0 Å². The molecule has 0 radical (unpaired) electrons. The Bertz CT molecular complexity index is 615. The molecule has 2 N–H and O–H groups in total. The molecule has 126 valence electrons. The van der Waals surface area contributed by atoms with E-state index in [1.165, 1.54) is 11.3 Å². The lowest BCUT2D eigenvalue weighted by molar-refractivity contribution is 0.270. The van der Waals surface area contributed by atoms with E-state index >= 15 is 0 Å². The molecule has 5 heteroatoms. The Morgan fingerprint density at radius 3 is 2.35 bits per heavy atom. The molecule has 2 rings (SSSR count). The van der Waals surface area contributed by atoms with E-state index in [0.29, 0.717) is 6.54 Å². The van der Waals surface area contributed by atoms with Crippen LogP contribution in [0.25, 0.3) is 0 Å². The van der Waals surface area contributed by atoms with Crippen molar-refractivity contribution in [2.24, 2.45) is 0 Å². The first-order chi connectivity index (χ1) is 11.1. The maximum absolute atomic E-state index is 9.17. The van der Waals surface area contributed by atoms with E-state index in [1.54, 1.807) is 0 Å². The highest BCUT2D eigenvalue weighted by atomic mass is 16.3. The number of hydrogen-bond acceptors (Lipinski definition) is 4. The molecule has 1 heterocycles. The molecule has 0 fully saturated rings. The van der Waals surface area contributed by atoms with Crippen molar-refractivity contribution in [2.75, 3.05) is 29.9 Å². The normalized spacial score (nSPS) is 10.8. The molecule has 0 aliphatic rings. The zero-order valence-corrected chi connectivity index (χ0v) is 14.6. The third kappa shape index (κ3) is 4.05. The van der Waals surface area contributed by atoms with Gasteiger partial charge in [-0.2, -0.15) is 5.10 Å². The molecule has 0 amide bonds. The third-order valence-electron chi connectivity index (χ3n) is 4.26. The number of aliphatic hydroxyl groups excluding tert-OH is 1. The number of aryl methyl sites for hydroxylation is 1. The van der Waals surface area contributed by atoms with Gasteiger partial charge in [0.15, 0.2) is 0 Å². The standard InChI is InChI=1S/C18H28N4O/c1-5-21(6-2)17-9-7-16(8-10-17)13-19-18-14(3)15(4)20-22(18)11-12-23/h7-10,19,23H,5-6,11-13H2,1-4H3. The number of hydrogen-bond donors (Lipinski definition) is 2. The largest absolute Gasteiger partial charge is 0.394 e. The Kier molecular flexibility index (Phi) is 6.04. The molecule has 23 heavy (non-hydrogen) atoms. The minimum absolute atomic E-state index is 0.0911. The molecule has 0 unspecified atom stereocenters. The van der Waals surface area contributed by atoms with Gasteiger partial charge in [0.05, 0.1) is 18.8 Å². The molecule has 0 spiro atoms. The van der Waals surface area contributed by atoms with Crippen LogP contribution in [0.5, 0.6) is 0 Å². The molecule has 0 saturated heterocycles. The predicted molar refractivity (Wildman–Crippen MR) is 96.1 cm³/mol. The quantitative estimate of drug-likeness (QED) is 0.786. The van der Waals surface area contributed by atoms with E-state index in [1.807, 2.05) is 11.6 Å². The smallest absolute Gasteiger partial charge is 0.127 e. The lowest BCUT2D eigenvalue weighted by Gasteiger charge is -2.21. The van der Waals surface area contributed by atoms with Gasteiger partial charge in [-0.15, -0.1) is 0 Å². The van der Waals surface area contributed by atoms with Crippen LogP contribution in [0.3, 0.4) is 0 Å². The van der Waals surface area contributed by atoms with Crippen molar-refractivity contribution in [2.45, 2.75) is 40.8 Å². The molecule has 0 aliphatic carbocycles. The van der Waals surface area contributed by atoms with Gasteiger partial charge in [0, 0.05) is 30.9 Å². The molecular weight excluding hydrogens is 288 g/mol. The number of aliphatic hydroxyl groups is 1. The molecule has 5 nitrogen and oxygen atoms in total. The van der Waals surface area contributed by atoms with Crippen LogP contribution in [-0.2, 0) is 13.1 Å². The summed E-state index contributed by atoms with van der Waals surface area (Å²) in [4.78, 5) is 2.33. The Labute approximate surface area is 138 Å². The summed E-state index contributed by atoms with van der Waals surface area (Å²) in [5, 5.41) is 17.1. The number of nitrogens with one attached hydrogen (secondary N) is 1. The first-order valence-electron chi connectivity index (χ1n) is 8.33. The first-order valence-corrected chi connectivity index (χ1v) is 8.33. The van der Waals surface area contributed by atoms with Gasteiger partial charge in [0.1, 0.15) is 5.82 Å². The summed E-state index contributed by atoms with van der Waals surface area (Å²) in [5.74, 6) is 0.990. The maximum Gasteiger partial charge on any atom is 0.127 e. The second-order valence-corrected chi connectivity index (χ2v) is 5.70. The van der Waals surface area contributed by atoms with Crippen LogP contribution < -0.4 is 10.2 Å². The Balaban J connectivity index is 2.06. The minimum atomic E-state index is 0.0911. The number of aromatic nitrogens is 2. The summed E-state index contributed by atoms with van der Waals surface area (Å²) < 4.78 is 1.84. The zero-order chi connectivity index (χ0) is 16.8. The van der Waals surface area contributed by atoms with Crippen molar-refractivity contribution >= 4 is 11.5 Å². The summed E-state index contributed by atoms with van der Waals surface area (Å²) in [6.45, 7) is 11.8. The van der Waals surface area contributed by atoms with Crippen molar-refractivity contribution in [3.63, 3.8) is 0 Å². The molecule has 0 saturated carbocycles. The molecule has 1 aromatic heterocycles. The topological polar surface area (TPSA) is 53.3 Å². The minimum Gasteiger partial charge on any atom is -0.394 e. The van der Waals surface area contributed by atoms with Gasteiger partial charge in [0.2, 0.25) is 0 Å². The Morgan fingerprint density at radius 1 is 1.13 bits per heavy atom. The highest BCUT2D eigenvalue weighted by molar-refractivity contribution is 5.50. The summed E-state index contributed by atoms with van der Waals surface area (Å²) in [6.07, 6.45) is 0. The fourth-order valence-electron chi connectivity index (χ4n) is 2.75. The summed E-state index contributed by atoms with van der Waals surface area (Å²) in [6, 6.07) is 8.67. The number of rotatable bonds is 8. The van der Waals surface area contributed by atoms with E-state index in [4.69, 9.17) is 5.11 Å². The maximum atomic E-state index is 9.17. The van der Waals surface area contributed by atoms with E-state index in [2.05, 4.69) is 60.4 Å². The van der Waals surface area contributed by atoms with Crippen LogP contribution in [0.4, 0.5) is 11.5 Å². The Hall–Kier alpha value is -2.01. The zero-order valence-electron chi connectivity index (χ0n) is 14.6. The second-order valence-electron chi connectivity index (χ2n) is 5.70. The van der Waals surface area contributed by atoms with Crippen molar-refractivity contribution < 1.29 is 5.11 Å². The van der Waals surface area contributed by atoms with Gasteiger partial charge in [-0.25, -0.2) is 4.68 Å².